The lowest BCUT2D eigenvalue weighted by atomic mass is 9.79. The lowest BCUT2D eigenvalue weighted by Gasteiger charge is -2.37. The van der Waals surface area contributed by atoms with E-state index >= 15 is 0 Å². The molecule has 0 aliphatic heterocycles. The van der Waals surface area contributed by atoms with Gasteiger partial charge in [-0.25, -0.2) is 4.79 Å². The van der Waals surface area contributed by atoms with Crippen molar-refractivity contribution in [2.75, 3.05) is 6.07 Å². The average molecular weight is 597 g/mol. The Kier molecular flexibility index (Phi) is 7.07. The third-order valence-electron chi connectivity index (χ3n) is 4.68. The van der Waals surface area contributed by atoms with E-state index in [0.717, 1.165) is 38.4 Å². The Morgan fingerprint density at radius 3 is 2.42 bits per heavy atom. The average Bonchev–Trinajstić information content (AvgIpc) is 2.65. The summed E-state index contributed by atoms with van der Waals surface area (Å²) < 4.78 is 13.5. The lowest BCUT2D eigenvalue weighted by Crippen LogP contribution is -2.35. The first-order valence-electron chi connectivity index (χ1n) is 8.52. The molecule has 2 aromatic rings. The maximum atomic E-state index is 13.1. The van der Waals surface area contributed by atoms with Gasteiger partial charge in [-0.3, -0.25) is 0 Å². The number of halogens is 3. The molecule has 0 bridgehead atoms. The van der Waals surface area contributed by atoms with Crippen LogP contribution in [-0.4, -0.2) is 12.0 Å². The second kappa shape index (κ2) is 9.10. The molecule has 138 valence electrons. The van der Waals surface area contributed by atoms with Crippen molar-refractivity contribution >= 4 is 62.8 Å². The highest BCUT2D eigenvalue weighted by Crippen LogP contribution is 2.42. The number of hydrogen-bond acceptors (Lipinski definition) is 3. The SMILES string of the molecule is O=C(OC1(c2ccccc2)CCCCC1)c1cc(I)cc(I)c1OCCl. The second-order valence-electron chi connectivity index (χ2n) is 6.33. The zero-order valence-corrected chi connectivity index (χ0v) is 19.2. The number of carbonyl (C=O) groups is 1. The number of benzene rings is 2. The van der Waals surface area contributed by atoms with E-state index in [1.807, 2.05) is 36.4 Å². The molecular weight excluding hydrogens is 577 g/mol. The van der Waals surface area contributed by atoms with Crippen molar-refractivity contribution in [2.24, 2.45) is 0 Å². The molecule has 3 rings (SSSR count). The van der Waals surface area contributed by atoms with Gasteiger partial charge in [-0.15, -0.1) is 0 Å². The molecule has 0 N–H and O–H groups in total. The molecule has 3 nitrogen and oxygen atoms in total. The molecule has 0 amide bonds. The van der Waals surface area contributed by atoms with Gasteiger partial charge < -0.3 is 9.47 Å². The highest BCUT2D eigenvalue weighted by molar-refractivity contribution is 14.1. The lowest BCUT2D eigenvalue weighted by molar-refractivity contribution is -0.0419. The van der Waals surface area contributed by atoms with Gasteiger partial charge in [-0.1, -0.05) is 48.4 Å². The quantitative estimate of drug-likeness (QED) is 0.225. The topological polar surface area (TPSA) is 35.5 Å². The van der Waals surface area contributed by atoms with Crippen LogP contribution in [0.15, 0.2) is 42.5 Å². The highest BCUT2D eigenvalue weighted by atomic mass is 127. The molecule has 1 fully saturated rings. The number of alkyl halides is 1. The highest BCUT2D eigenvalue weighted by Gasteiger charge is 2.38. The van der Waals surface area contributed by atoms with E-state index < -0.39 is 5.60 Å². The summed E-state index contributed by atoms with van der Waals surface area (Å²) in [5.74, 6) is 0.136. The Hall–Kier alpha value is -0.540. The molecule has 0 saturated heterocycles. The van der Waals surface area contributed by atoms with Gasteiger partial charge in [-0.2, -0.15) is 0 Å². The van der Waals surface area contributed by atoms with Gasteiger partial charge in [0.25, 0.3) is 0 Å². The van der Waals surface area contributed by atoms with Crippen LogP contribution in [0, 0.1) is 7.14 Å². The molecule has 0 aromatic heterocycles. The molecule has 26 heavy (non-hydrogen) atoms. The largest absolute Gasteiger partial charge is 0.476 e. The summed E-state index contributed by atoms with van der Waals surface area (Å²) in [6, 6.07) is 13.8. The van der Waals surface area contributed by atoms with Crippen LogP contribution in [0.5, 0.6) is 5.75 Å². The predicted molar refractivity (Wildman–Crippen MR) is 120 cm³/mol. The van der Waals surface area contributed by atoms with E-state index in [2.05, 4.69) is 45.2 Å². The summed E-state index contributed by atoms with van der Waals surface area (Å²) in [6.07, 6.45) is 4.97. The molecule has 6 heteroatoms. The summed E-state index contributed by atoms with van der Waals surface area (Å²) in [6.45, 7) is 0. The summed E-state index contributed by atoms with van der Waals surface area (Å²) in [7, 11) is 0. The normalized spacial score (nSPS) is 16.1. The van der Waals surface area contributed by atoms with Gasteiger partial charge in [0, 0.05) is 3.57 Å². The third kappa shape index (κ3) is 4.47. The van der Waals surface area contributed by atoms with Crippen LogP contribution < -0.4 is 4.74 Å². The van der Waals surface area contributed by atoms with E-state index in [0.29, 0.717) is 11.3 Å². The first kappa shape index (κ1) is 20.2. The van der Waals surface area contributed by atoms with Gasteiger partial charge in [0.15, 0.2) is 6.07 Å². The van der Waals surface area contributed by atoms with Crippen molar-refractivity contribution < 1.29 is 14.3 Å². The molecule has 0 heterocycles. The Labute approximate surface area is 186 Å². The Morgan fingerprint density at radius 1 is 1.08 bits per heavy atom. The molecule has 1 saturated carbocycles. The number of carbonyl (C=O) groups excluding carboxylic acids is 1. The van der Waals surface area contributed by atoms with E-state index in [9.17, 15) is 4.79 Å². The first-order valence-corrected chi connectivity index (χ1v) is 11.2. The standard InChI is InChI=1S/C20H19ClI2O3/c21-13-25-18-16(11-15(22)12-17(18)23)19(24)26-20(9-5-2-6-10-20)14-7-3-1-4-8-14/h1,3-4,7-8,11-12H,2,5-6,9-10,13H2. The Morgan fingerprint density at radius 2 is 1.77 bits per heavy atom. The van der Waals surface area contributed by atoms with Gasteiger partial charge in [0.2, 0.25) is 0 Å². The molecule has 1 aliphatic rings. The molecule has 0 unspecified atom stereocenters. The van der Waals surface area contributed by atoms with Gasteiger partial charge in [-0.05, 0) is 88.6 Å². The summed E-state index contributed by atoms with van der Waals surface area (Å²) in [5, 5.41) is 0. The molecule has 2 aromatic carbocycles. The van der Waals surface area contributed by atoms with Crippen molar-refractivity contribution in [3.8, 4) is 5.75 Å². The van der Waals surface area contributed by atoms with Crippen molar-refractivity contribution in [1.82, 2.24) is 0 Å². The van der Waals surface area contributed by atoms with Gasteiger partial charge in [0.1, 0.15) is 16.9 Å². The molecule has 1 aliphatic carbocycles. The smallest absolute Gasteiger partial charge is 0.342 e. The minimum Gasteiger partial charge on any atom is -0.476 e. The van der Waals surface area contributed by atoms with Crippen LogP contribution in [-0.2, 0) is 10.3 Å². The Bertz CT molecular complexity index is 774. The first-order chi connectivity index (χ1) is 12.6. The van der Waals surface area contributed by atoms with Crippen LogP contribution in [0.4, 0.5) is 0 Å². The second-order valence-corrected chi connectivity index (χ2v) is 8.95. The van der Waals surface area contributed by atoms with Gasteiger partial charge >= 0.3 is 5.97 Å². The number of ether oxygens (including phenoxy) is 2. The fraction of sp³-hybridized carbons (Fsp3) is 0.350. The zero-order chi connectivity index (χ0) is 18.6. The minimum atomic E-state index is -0.568. The number of rotatable bonds is 5. The number of hydrogen-bond donors (Lipinski definition) is 0. The summed E-state index contributed by atoms with van der Waals surface area (Å²) in [4.78, 5) is 13.1. The fourth-order valence-electron chi connectivity index (χ4n) is 3.46. The predicted octanol–water partition coefficient (Wildman–Crippen LogP) is 6.49. The van der Waals surface area contributed by atoms with Crippen molar-refractivity contribution in [3.05, 3.63) is 60.7 Å². The molecule has 0 spiro atoms. The van der Waals surface area contributed by atoms with E-state index in [-0.39, 0.29) is 12.0 Å². The number of esters is 1. The minimum absolute atomic E-state index is 0.0132. The van der Waals surface area contributed by atoms with Crippen LogP contribution in [0.25, 0.3) is 0 Å². The fourth-order valence-corrected chi connectivity index (χ4v) is 5.57. The zero-order valence-electron chi connectivity index (χ0n) is 14.1. The molecular formula is C20H19ClI2O3. The van der Waals surface area contributed by atoms with E-state index in [1.165, 1.54) is 6.42 Å². The summed E-state index contributed by atoms with van der Waals surface area (Å²) in [5.41, 5.74) is 0.928. The van der Waals surface area contributed by atoms with Crippen molar-refractivity contribution in [1.29, 1.82) is 0 Å². The van der Waals surface area contributed by atoms with Gasteiger partial charge in [0.05, 0.1) is 3.57 Å². The monoisotopic (exact) mass is 596 g/mol. The van der Waals surface area contributed by atoms with E-state index in [4.69, 9.17) is 21.1 Å². The molecule has 0 atom stereocenters. The maximum Gasteiger partial charge on any atom is 0.342 e. The van der Waals surface area contributed by atoms with Crippen LogP contribution in [0.3, 0.4) is 0 Å². The van der Waals surface area contributed by atoms with Crippen molar-refractivity contribution in [2.45, 2.75) is 37.7 Å². The van der Waals surface area contributed by atoms with Crippen LogP contribution in [0.2, 0.25) is 0 Å². The van der Waals surface area contributed by atoms with Crippen molar-refractivity contribution in [3.63, 3.8) is 0 Å². The maximum absolute atomic E-state index is 13.1. The van der Waals surface area contributed by atoms with Crippen LogP contribution >= 0.6 is 56.8 Å². The van der Waals surface area contributed by atoms with Crippen LogP contribution in [0.1, 0.15) is 48.0 Å². The Balaban J connectivity index is 1.97. The third-order valence-corrected chi connectivity index (χ3v) is 6.21. The molecule has 0 radical (unpaired) electrons. The van der Waals surface area contributed by atoms with E-state index in [1.54, 1.807) is 6.07 Å². The summed E-state index contributed by atoms with van der Waals surface area (Å²) >= 11 is 10.1.